The average molecular weight is 238 g/mol. The molecule has 0 amide bonds. The molecule has 0 saturated heterocycles. The first-order chi connectivity index (χ1) is 8.83. The van der Waals surface area contributed by atoms with Crippen molar-refractivity contribution in [2.24, 2.45) is 0 Å². The lowest BCUT2D eigenvalue weighted by Gasteiger charge is -2.19. The van der Waals surface area contributed by atoms with Crippen LogP contribution in [0, 0.1) is 0 Å². The van der Waals surface area contributed by atoms with Gasteiger partial charge in [-0.3, -0.25) is 4.79 Å². The number of rotatable bonds is 1. The van der Waals surface area contributed by atoms with Crippen molar-refractivity contribution in [2.75, 3.05) is 0 Å². The van der Waals surface area contributed by atoms with Crippen LogP contribution in [0.3, 0.4) is 0 Å². The van der Waals surface area contributed by atoms with Crippen LogP contribution in [0.15, 0.2) is 47.6 Å². The monoisotopic (exact) mass is 238 g/mol. The van der Waals surface area contributed by atoms with E-state index < -0.39 is 0 Å². The third-order valence-electron chi connectivity index (χ3n) is 4.05. The molecule has 1 aromatic carbocycles. The summed E-state index contributed by atoms with van der Waals surface area (Å²) in [6.07, 6.45) is 7.93. The van der Waals surface area contributed by atoms with Gasteiger partial charge in [0.2, 0.25) is 0 Å². The Kier molecular flexibility index (Phi) is 3.14. The number of hydrogen-bond acceptors (Lipinski definition) is 1. The molecule has 2 aliphatic carbocycles. The predicted octanol–water partition coefficient (Wildman–Crippen LogP) is 4.30. The summed E-state index contributed by atoms with van der Waals surface area (Å²) < 4.78 is 0. The Hall–Kier alpha value is -1.63. The molecule has 0 fully saturated rings. The molecule has 0 aliphatic heterocycles. The lowest BCUT2D eigenvalue weighted by Crippen LogP contribution is -1.99. The largest absolute Gasteiger partial charge is 0.300 e. The Balaban J connectivity index is 1.80. The summed E-state index contributed by atoms with van der Waals surface area (Å²) in [5.74, 6) is 0.436. The molecule has 0 bridgehead atoms. The van der Waals surface area contributed by atoms with Gasteiger partial charge >= 0.3 is 0 Å². The SMILES string of the molecule is O=C1CCC2=C(CC1)CC(c1ccccc1)=CC2. The van der Waals surface area contributed by atoms with E-state index in [1.807, 2.05) is 0 Å². The minimum atomic E-state index is 0.436. The fourth-order valence-corrected chi connectivity index (χ4v) is 2.94. The summed E-state index contributed by atoms with van der Waals surface area (Å²) in [7, 11) is 0. The van der Waals surface area contributed by atoms with E-state index in [9.17, 15) is 4.79 Å². The van der Waals surface area contributed by atoms with Crippen LogP contribution in [0.1, 0.15) is 44.1 Å². The fourth-order valence-electron chi connectivity index (χ4n) is 2.94. The molecule has 1 heteroatoms. The first-order valence-electron chi connectivity index (χ1n) is 6.79. The predicted molar refractivity (Wildman–Crippen MR) is 74.2 cm³/mol. The van der Waals surface area contributed by atoms with E-state index in [0.29, 0.717) is 5.78 Å². The number of Topliss-reactive ketones (excluding diaryl/α,β-unsaturated/α-hetero) is 1. The van der Waals surface area contributed by atoms with E-state index in [-0.39, 0.29) is 0 Å². The van der Waals surface area contributed by atoms with Crippen LogP contribution in [0.2, 0.25) is 0 Å². The fraction of sp³-hybridized carbons (Fsp3) is 0.353. The normalized spacial score (nSPS) is 20.2. The van der Waals surface area contributed by atoms with Crippen LogP contribution in [0.25, 0.3) is 5.57 Å². The molecule has 0 heterocycles. The lowest BCUT2D eigenvalue weighted by atomic mass is 9.86. The number of benzene rings is 1. The Morgan fingerprint density at radius 3 is 2.33 bits per heavy atom. The van der Waals surface area contributed by atoms with Crippen LogP contribution in [-0.2, 0) is 4.79 Å². The van der Waals surface area contributed by atoms with Crippen molar-refractivity contribution >= 4 is 11.4 Å². The van der Waals surface area contributed by atoms with E-state index in [1.165, 1.54) is 22.3 Å². The zero-order valence-electron chi connectivity index (χ0n) is 10.6. The molecule has 0 radical (unpaired) electrons. The lowest BCUT2D eigenvalue weighted by molar-refractivity contribution is -0.118. The van der Waals surface area contributed by atoms with Gasteiger partial charge in [-0.2, -0.15) is 0 Å². The molecule has 92 valence electrons. The smallest absolute Gasteiger partial charge is 0.133 e. The molecule has 1 nitrogen and oxygen atoms in total. The van der Waals surface area contributed by atoms with Gasteiger partial charge in [0.25, 0.3) is 0 Å². The van der Waals surface area contributed by atoms with Crippen molar-refractivity contribution in [3.63, 3.8) is 0 Å². The van der Waals surface area contributed by atoms with Gasteiger partial charge in [0.1, 0.15) is 5.78 Å². The van der Waals surface area contributed by atoms with E-state index in [1.54, 1.807) is 0 Å². The van der Waals surface area contributed by atoms with Crippen LogP contribution in [-0.4, -0.2) is 5.78 Å². The van der Waals surface area contributed by atoms with Crippen molar-refractivity contribution in [1.29, 1.82) is 0 Å². The molecular weight excluding hydrogens is 220 g/mol. The summed E-state index contributed by atoms with van der Waals surface area (Å²) in [6.45, 7) is 0. The first kappa shape index (κ1) is 11.5. The van der Waals surface area contributed by atoms with Gasteiger partial charge in [0.05, 0.1) is 0 Å². The summed E-state index contributed by atoms with van der Waals surface area (Å²) in [6, 6.07) is 10.6. The average Bonchev–Trinajstić information content (AvgIpc) is 2.62. The van der Waals surface area contributed by atoms with E-state index in [4.69, 9.17) is 0 Å². The number of hydrogen-bond donors (Lipinski definition) is 0. The summed E-state index contributed by atoms with van der Waals surface area (Å²) in [4.78, 5) is 11.5. The molecule has 0 atom stereocenters. The zero-order valence-corrected chi connectivity index (χ0v) is 10.6. The van der Waals surface area contributed by atoms with Gasteiger partial charge in [-0.05, 0) is 36.8 Å². The number of ketones is 1. The van der Waals surface area contributed by atoms with Gasteiger partial charge in [-0.15, -0.1) is 0 Å². The van der Waals surface area contributed by atoms with Gasteiger partial charge in [-0.25, -0.2) is 0 Å². The summed E-state index contributed by atoms with van der Waals surface area (Å²) in [5.41, 5.74) is 5.83. The molecule has 0 saturated carbocycles. The van der Waals surface area contributed by atoms with Gasteiger partial charge in [0, 0.05) is 12.8 Å². The van der Waals surface area contributed by atoms with E-state index in [2.05, 4.69) is 36.4 Å². The maximum atomic E-state index is 11.5. The minimum Gasteiger partial charge on any atom is -0.300 e. The van der Waals surface area contributed by atoms with Crippen molar-refractivity contribution < 1.29 is 4.79 Å². The third kappa shape index (κ3) is 2.31. The topological polar surface area (TPSA) is 17.1 Å². The molecule has 0 unspecified atom stereocenters. The maximum Gasteiger partial charge on any atom is 0.133 e. The van der Waals surface area contributed by atoms with Crippen molar-refractivity contribution in [3.8, 4) is 0 Å². The Bertz CT molecular complexity index is 520. The molecule has 3 rings (SSSR count). The minimum absolute atomic E-state index is 0.436. The van der Waals surface area contributed by atoms with Crippen LogP contribution in [0.5, 0.6) is 0 Å². The molecule has 0 N–H and O–H groups in total. The van der Waals surface area contributed by atoms with Gasteiger partial charge in [-0.1, -0.05) is 47.6 Å². The Morgan fingerprint density at radius 1 is 0.833 bits per heavy atom. The maximum absolute atomic E-state index is 11.5. The second kappa shape index (κ2) is 4.93. The molecule has 0 aromatic heterocycles. The standard InChI is InChI=1S/C17H18O/c18-17-10-8-14-6-7-15(12-16(14)9-11-17)13-4-2-1-3-5-13/h1-5,7H,6,8-12H2. The van der Waals surface area contributed by atoms with Gasteiger partial charge in [0.15, 0.2) is 0 Å². The molecule has 18 heavy (non-hydrogen) atoms. The third-order valence-corrected chi connectivity index (χ3v) is 4.05. The molecular formula is C17H18O. The van der Waals surface area contributed by atoms with E-state index in [0.717, 1.165) is 38.5 Å². The highest BCUT2D eigenvalue weighted by Gasteiger charge is 2.19. The summed E-state index contributed by atoms with van der Waals surface area (Å²) >= 11 is 0. The molecule has 0 spiro atoms. The molecule has 1 aromatic rings. The van der Waals surface area contributed by atoms with Crippen molar-refractivity contribution in [2.45, 2.75) is 38.5 Å². The first-order valence-corrected chi connectivity index (χ1v) is 6.79. The van der Waals surface area contributed by atoms with Crippen molar-refractivity contribution in [1.82, 2.24) is 0 Å². The van der Waals surface area contributed by atoms with E-state index >= 15 is 0 Å². The summed E-state index contributed by atoms with van der Waals surface area (Å²) in [5, 5.41) is 0. The number of allylic oxidation sites excluding steroid dienone is 4. The number of carbonyl (C=O) groups is 1. The zero-order chi connectivity index (χ0) is 12.4. The highest BCUT2D eigenvalue weighted by atomic mass is 16.1. The van der Waals surface area contributed by atoms with Gasteiger partial charge < -0.3 is 0 Å². The van der Waals surface area contributed by atoms with Crippen molar-refractivity contribution in [3.05, 3.63) is 53.1 Å². The number of carbonyl (C=O) groups excluding carboxylic acids is 1. The van der Waals surface area contributed by atoms with Crippen LogP contribution >= 0.6 is 0 Å². The van der Waals surface area contributed by atoms with Crippen LogP contribution in [0.4, 0.5) is 0 Å². The highest BCUT2D eigenvalue weighted by Crippen LogP contribution is 2.36. The second-order valence-electron chi connectivity index (χ2n) is 5.22. The quantitative estimate of drug-likeness (QED) is 0.666. The molecule has 2 aliphatic rings. The second-order valence-corrected chi connectivity index (χ2v) is 5.22. The van der Waals surface area contributed by atoms with Crippen LogP contribution < -0.4 is 0 Å². The Labute approximate surface area is 108 Å². The Morgan fingerprint density at radius 2 is 1.56 bits per heavy atom. The highest BCUT2D eigenvalue weighted by molar-refractivity contribution is 5.80.